The Morgan fingerprint density at radius 3 is 2.55 bits per heavy atom. The molecule has 1 aromatic heterocycles. The molecule has 3 rings (SSSR count). The standard InChI is InChI=1S/C26H34N4O2S/c1-5-29(6-2)16-11-17-30-25(32)22-14-9-10-15-23(22)28-26(30)33-18-24(31)27-20(4)21-13-8-7-12-19(21)3/h7-10,12-15,20H,5-6,11,16-18H2,1-4H3,(H,27,31). The first-order valence-electron chi connectivity index (χ1n) is 11.6. The van der Waals surface area contributed by atoms with E-state index in [-0.39, 0.29) is 23.3 Å². The van der Waals surface area contributed by atoms with Crippen molar-refractivity contribution < 1.29 is 4.79 Å². The predicted molar refractivity (Wildman–Crippen MR) is 137 cm³/mol. The molecular formula is C26H34N4O2S. The van der Waals surface area contributed by atoms with Gasteiger partial charge >= 0.3 is 0 Å². The van der Waals surface area contributed by atoms with Gasteiger partial charge in [0.05, 0.1) is 22.7 Å². The summed E-state index contributed by atoms with van der Waals surface area (Å²) in [6.45, 7) is 11.8. The van der Waals surface area contributed by atoms with Crippen LogP contribution in [0.4, 0.5) is 0 Å². The van der Waals surface area contributed by atoms with Crippen LogP contribution in [0.3, 0.4) is 0 Å². The Balaban J connectivity index is 1.74. The topological polar surface area (TPSA) is 67.2 Å². The lowest BCUT2D eigenvalue weighted by Crippen LogP contribution is -2.30. The molecule has 6 nitrogen and oxygen atoms in total. The maximum Gasteiger partial charge on any atom is 0.262 e. The molecule has 0 saturated heterocycles. The van der Waals surface area contributed by atoms with Gasteiger partial charge in [0.25, 0.3) is 5.56 Å². The summed E-state index contributed by atoms with van der Waals surface area (Å²) < 4.78 is 1.73. The van der Waals surface area contributed by atoms with E-state index in [9.17, 15) is 9.59 Å². The number of nitrogens with zero attached hydrogens (tertiary/aromatic N) is 3. The van der Waals surface area contributed by atoms with Crippen molar-refractivity contribution in [3.05, 3.63) is 70.0 Å². The summed E-state index contributed by atoms with van der Waals surface area (Å²) in [5, 5.41) is 4.28. The summed E-state index contributed by atoms with van der Waals surface area (Å²) in [7, 11) is 0. The van der Waals surface area contributed by atoms with Crippen molar-refractivity contribution in [1.29, 1.82) is 0 Å². The number of benzene rings is 2. The number of hydrogen-bond donors (Lipinski definition) is 1. The molecule has 1 heterocycles. The number of fused-ring (bicyclic) bond motifs is 1. The minimum absolute atomic E-state index is 0.0451. The lowest BCUT2D eigenvalue weighted by atomic mass is 10.0. The van der Waals surface area contributed by atoms with E-state index in [4.69, 9.17) is 4.98 Å². The highest BCUT2D eigenvalue weighted by Gasteiger charge is 2.16. The van der Waals surface area contributed by atoms with Gasteiger partial charge in [0, 0.05) is 6.54 Å². The normalized spacial score (nSPS) is 12.3. The van der Waals surface area contributed by atoms with Crippen molar-refractivity contribution >= 4 is 28.6 Å². The Kier molecular flexibility index (Phi) is 9.09. The number of carbonyl (C=O) groups is 1. The second-order valence-electron chi connectivity index (χ2n) is 8.18. The van der Waals surface area contributed by atoms with Crippen LogP contribution in [-0.4, -0.2) is 45.7 Å². The molecule has 7 heteroatoms. The lowest BCUT2D eigenvalue weighted by molar-refractivity contribution is -0.119. The third-order valence-electron chi connectivity index (χ3n) is 5.94. The van der Waals surface area contributed by atoms with Crippen molar-refractivity contribution in [2.24, 2.45) is 0 Å². The summed E-state index contributed by atoms with van der Waals surface area (Å²) >= 11 is 1.32. The molecule has 0 radical (unpaired) electrons. The molecule has 0 aliphatic carbocycles. The number of rotatable bonds is 11. The molecule has 0 aliphatic rings. The molecule has 176 valence electrons. The Labute approximate surface area is 200 Å². The van der Waals surface area contributed by atoms with Gasteiger partial charge in [-0.2, -0.15) is 0 Å². The second-order valence-corrected chi connectivity index (χ2v) is 9.13. The largest absolute Gasteiger partial charge is 0.349 e. The number of nitrogens with one attached hydrogen (secondary N) is 1. The fourth-order valence-electron chi connectivity index (χ4n) is 4.01. The maximum absolute atomic E-state index is 13.2. The highest BCUT2D eigenvalue weighted by Crippen LogP contribution is 2.20. The van der Waals surface area contributed by atoms with Gasteiger partial charge in [-0.15, -0.1) is 0 Å². The summed E-state index contributed by atoms with van der Waals surface area (Å²) in [5.74, 6) is 0.129. The Bertz CT molecular complexity index is 1140. The number of carbonyl (C=O) groups excluding carboxylic acids is 1. The fourth-order valence-corrected chi connectivity index (χ4v) is 4.85. The molecule has 1 N–H and O–H groups in total. The molecule has 0 spiro atoms. The van der Waals surface area contributed by atoms with Gasteiger partial charge in [-0.25, -0.2) is 4.98 Å². The van der Waals surface area contributed by atoms with E-state index in [1.54, 1.807) is 4.57 Å². The van der Waals surface area contributed by atoms with Crippen molar-refractivity contribution in [2.75, 3.05) is 25.4 Å². The molecule has 1 unspecified atom stereocenters. The first-order valence-corrected chi connectivity index (χ1v) is 12.6. The van der Waals surface area contributed by atoms with Gasteiger partial charge in [-0.1, -0.05) is 62.0 Å². The van der Waals surface area contributed by atoms with E-state index in [0.717, 1.165) is 37.2 Å². The lowest BCUT2D eigenvalue weighted by Gasteiger charge is -2.19. The Morgan fingerprint density at radius 2 is 1.82 bits per heavy atom. The molecule has 0 aliphatic heterocycles. The van der Waals surface area contributed by atoms with E-state index in [1.807, 2.05) is 62.4 Å². The molecule has 0 bridgehead atoms. The molecule has 2 aromatic carbocycles. The number of aryl methyl sites for hydroxylation is 1. The van der Waals surface area contributed by atoms with Crippen molar-refractivity contribution in [2.45, 2.75) is 51.9 Å². The van der Waals surface area contributed by atoms with Crippen LogP contribution in [-0.2, 0) is 11.3 Å². The average Bonchev–Trinajstić information content (AvgIpc) is 2.82. The predicted octanol–water partition coefficient (Wildman–Crippen LogP) is 4.41. The highest BCUT2D eigenvalue weighted by molar-refractivity contribution is 7.99. The third kappa shape index (κ3) is 6.45. The van der Waals surface area contributed by atoms with Crippen LogP contribution >= 0.6 is 11.8 Å². The number of para-hydroxylation sites is 1. The summed E-state index contributed by atoms with van der Waals surface area (Å²) in [6, 6.07) is 15.4. The van der Waals surface area contributed by atoms with E-state index >= 15 is 0 Å². The van der Waals surface area contributed by atoms with Crippen molar-refractivity contribution in [1.82, 2.24) is 19.8 Å². The zero-order valence-electron chi connectivity index (χ0n) is 20.0. The minimum Gasteiger partial charge on any atom is -0.349 e. The smallest absolute Gasteiger partial charge is 0.262 e. The minimum atomic E-state index is -0.0832. The van der Waals surface area contributed by atoms with Gasteiger partial charge in [-0.05, 0) is 63.2 Å². The van der Waals surface area contributed by atoms with Gasteiger partial charge in [0.15, 0.2) is 5.16 Å². The van der Waals surface area contributed by atoms with Crippen molar-refractivity contribution in [3.63, 3.8) is 0 Å². The van der Waals surface area contributed by atoms with Crippen LogP contribution in [0.2, 0.25) is 0 Å². The molecule has 1 atom stereocenters. The van der Waals surface area contributed by atoms with E-state index < -0.39 is 0 Å². The zero-order chi connectivity index (χ0) is 23.8. The second kappa shape index (κ2) is 12.0. The summed E-state index contributed by atoms with van der Waals surface area (Å²) in [4.78, 5) is 33.0. The van der Waals surface area contributed by atoms with Gasteiger partial charge in [-0.3, -0.25) is 14.2 Å². The van der Waals surface area contributed by atoms with Crippen LogP contribution in [0, 0.1) is 6.92 Å². The van der Waals surface area contributed by atoms with Crippen molar-refractivity contribution in [3.8, 4) is 0 Å². The number of thioether (sulfide) groups is 1. The first kappa shape index (κ1) is 25.0. The Hall–Kier alpha value is -2.64. The summed E-state index contributed by atoms with van der Waals surface area (Å²) in [5.41, 5.74) is 2.87. The van der Waals surface area contributed by atoms with Crippen LogP contribution in [0.15, 0.2) is 58.5 Å². The van der Waals surface area contributed by atoms with E-state index in [1.165, 1.54) is 11.8 Å². The maximum atomic E-state index is 13.2. The van der Waals surface area contributed by atoms with Crippen LogP contribution in [0.5, 0.6) is 0 Å². The van der Waals surface area contributed by atoms with Crippen LogP contribution in [0.25, 0.3) is 10.9 Å². The molecule has 1 amide bonds. The first-order chi connectivity index (χ1) is 15.9. The van der Waals surface area contributed by atoms with Gasteiger partial charge < -0.3 is 10.2 Å². The fraction of sp³-hybridized carbons (Fsp3) is 0.423. The third-order valence-corrected chi connectivity index (χ3v) is 6.92. The molecule has 0 fully saturated rings. The number of aromatic nitrogens is 2. The molecule has 33 heavy (non-hydrogen) atoms. The van der Waals surface area contributed by atoms with E-state index in [0.29, 0.717) is 22.6 Å². The SMILES string of the molecule is CCN(CC)CCCn1c(SCC(=O)NC(C)c2ccccc2C)nc2ccccc2c1=O. The summed E-state index contributed by atoms with van der Waals surface area (Å²) in [6.07, 6.45) is 0.853. The van der Waals surface area contributed by atoms with Crippen LogP contribution < -0.4 is 10.9 Å². The molecule has 0 saturated carbocycles. The van der Waals surface area contributed by atoms with Crippen LogP contribution in [0.1, 0.15) is 44.4 Å². The Morgan fingerprint density at radius 1 is 1.12 bits per heavy atom. The molecule has 3 aromatic rings. The number of hydrogen-bond acceptors (Lipinski definition) is 5. The monoisotopic (exact) mass is 466 g/mol. The van der Waals surface area contributed by atoms with E-state index in [2.05, 4.69) is 24.1 Å². The van der Waals surface area contributed by atoms with Gasteiger partial charge in [0.2, 0.25) is 5.91 Å². The van der Waals surface area contributed by atoms with Gasteiger partial charge in [0.1, 0.15) is 0 Å². The highest BCUT2D eigenvalue weighted by atomic mass is 32.2. The molecular weight excluding hydrogens is 432 g/mol. The average molecular weight is 467 g/mol. The number of amides is 1. The quantitative estimate of drug-likeness (QED) is 0.335. The zero-order valence-corrected chi connectivity index (χ0v) is 20.8.